The molecule has 1 atom stereocenters. The predicted octanol–water partition coefficient (Wildman–Crippen LogP) is 2.41. The molecule has 106 valence electrons. The number of hydrogen-bond acceptors (Lipinski definition) is 3. The Hall–Kier alpha value is -1.30. The van der Waals surface area contributed by atoms with Crippen molar-refractivity contribution in [3.8, 4) is 0 Å². The Morgan fingerprint density at radius 3 is 2.65 bits per heavy atom. The first-order chi connectivity index (χ1) is 9.59. The third-order valence-corrected chi connectivity index (χ3v) is 3.91. The van der Waals surface area contributed by atoms with Gasteiger partial charge in [0.05, 0.1) is 6.61 Å². The van der Waals surface area contributed by atoms with Gasteiger partial charge < -0.3 is 10.8 Å². The van der Waals surface area contributed by atoms with Crippen molar-refractivity contribution >= 4 is 15.9 Å². The highest BCUT2D eigenvalue weighted by Crippen LogP contribution is 2.27. The summed E-state index contributed by atoms with van der Waals surface area (Å²) in [5, 5.41) is 9.80. The lowest BCUT2D eigenvalue weighted by Crippen LogP contribution is -2.41. The molecular formula is C15H16BrFN2O. The number of nitrogens with two attached hydrogens (primary N) is 1. The van der Waals surface area contributed by atoms with E-state index in [1.54, 1.807) is 18.3 Å². The van der Waals surface area contributed by atoms with Gasteiger partial charge in [-0.15, -0.1) is 0 Å². The van der Waals surface area contributed by atoms with Crippen LogP contribution in [0.15, 0.2) is 47.1 Å². The van der Waals surface area contributed by atoms with Gasteiger partial charge in [-0.25, -0.2) is 4.39 Å². The van der Waals surface area contributed by atoms with E-state index in [1.165, 1.54) is 12.1 Å². The van der Waals surface area contributed by atoms with E-state index in [0.29, 0.717) is 12.0 Å². The van der Waals surface area contributed by atoms with Crippen LogP contribution >= 0.6 is 15.9 Å². The number of aromatic nitrogens is 1. The van der Waals surface area contributed by atoms with E-state index in [9.17, 15) is 9.50 Å². The van der Waals surface area contributed by atoms with Crippen LogP contribution in [-0.2, 0) is 11.8 Å². The van der Waals surface area contributed by atoms with Crippen molar-refractivity contribution in [2.24, 2.45) is 5.73 Å². The largest absolute Gasteiger partial charge is 0.395 e. The summed E-state index contributed by atoms with van der Waals surface area (Å²) in [7, 11) is 0. The summed E-state index contributed by atoms with van der Waals surface area (Å²) in [4.78, 5) is 4.30. The van der Waals surface area contributed by atoms with E-state index in [4.69, 9.17) is 5.73 Å². The molecular weight excluding hydrogens is 323 g/mol. The quantitative estimate of drug-likeness (QED) is 0.880. The average molecular weight is 339 g/mol. The smallest absolute Gasteiger partial charge is 0.123 e. The number of halogens is 2. The maximum absolute atomic E-state index is 13.4. The van der Waals surface area contributed by atoms with Crippen LogP contribution in [0.1, 0.15) is 11.3 Å². The summed E-state index contributed by atoms with van der Waals surface area (Å²) < 4.78 is 14.3. The molecule has 0 fully saturated rings. The van der Waals surface area contributed by atoms with Crippen LogP contribution < -0.4 is 5.73 Å². The predicted molar refractivity (Wildman–Crippen MR) is 79.9 cm³/mol. The maximum Gasteiger partial charge on any atom is 0.123 e. The van der Waals surface area contributed by atoms with Crippen molar-refractivity contribution in [2.45, 2.75) is 11.8 Å². The summed E-state index contributed by atoms with van der Waals surface area (Å²) in [6.07, 6.45) is 2.15. The van der Waals surface area contributed by atoms with Crippen LogP contribution in [-0.4, -0.2) is 23.2 Å². The van der Waals surface area contributed by atoms with Crippen molar-refractivity contribution in [1.29, 1.82) is 0 Å². The van der Waals surface area contributed by atoms with E-state index < -0.39 is 5.41 Å². The molecule has 1 unspecified atom stereocenters. The standard InChI is InChI=1S/C15H16BrFN2O/c16-12-4-5-14(19-8-12)7-15(9-18,10-20)11-2-1-3-13(17)6-11/h1-6,8,20H,7,9-10,18H2. The zero-order chi connectivity index (χ0) is 14.6. The van der Waals surface area contributed by atoms with Gasteiger partial charge in [0.25, 0.3) is 0 Å². The molecule has 0 radical (unpaired) electrons. The van der Waals surface area contributed by atoms with Crippen LogP contribution in [0.25, 0.3) is 0 Å². The van der Waals surface area contributed by atoms with Crippen molar-refractivity contribution in [3.63, 3.8) is 0 Å². The monoisotopic (exact) mass is 338 g/mol. The first kappa shape index (κ1) is 15.1. The fourth-order valence-corrected chi connectivity index (χ4v) is 2.41. The Labute approximate surface area is 125 Å². The number of aliphatic hydroxyl groups excluding tert-OH is 1. The number of nitrogens with zero attached hydrogens (tertiary/aromatic N) is 1. The van der Waals surface area contributed by atoms with E-state index in [0.717, 1.165) is 10.2 Å². The van der Waals surface area contributed by atoms with Crippen LogP contribution in [0.2, 0.25) is 0 Å². The lowest BCUT2D eigenvalue weighted by molar-refractivity contribution is 0.195. The molecule has 2 rings (SSSR count). The van der Waals surface area contributed by atoms with Gasteiger partial charge in [0, 0.05) is 34.7 Å². The summed E-state index contributed by atoms with van der Waals surface area (Å²) in [5.41, 5.74) is 6.63. The highest BCUT2D eigenvalue weighted by atomic mass is 79.9. The Morgan fingerprint density at radius 2 is 2.10 bits per heavy atom. The fourth-order valence-electron chi connectivity index (χ4n) is 2.18. The van der Waals surface area contributed by atoms with Crippen LogP contribution in [0.3, 0.4) is 0 Å². The number of hydrogen-bond donors (Lipinski definition) is 2. The molecule has 1 aromatic carbocycles. The molecule has 2 aromatic rings. The summed E-state index contributed by atoms with van der Waals surface area (Å²) in [5.74, 6) is -0.336. The second-order valence-electron chi connectivity index (χ2n) is 4.80. The molecule has 0 bridgehead atoms. The number of benzene rings is 1. The second kappa shape index (κ2) is 6.43. The first-order valence-electron chi connectivity index (χ1n) is 6.27. The molecule has 3 nitrogen and oxygen atoms in total. The minimum Gasteiger partial charge on any atom is -0.395 e. The second-order valence-corrected chi connectivity index (χ2v) is 5.71. The summed E-state index contributed by atoms with van der Waals surface area (Å²) in [6.45, 7) is 0.0510. The molecule has 0 spiro atoms. The van der Waals surface area contributed by atoms with Crippen molar-refractivity contribution < 1.29 is 9.50 Å². The topological polar surface area (TPSA) is 59.1 Å². The van der Waals surface area contributed by atoms with Gasteiger partial charge in [-0.3, -0.25) is 4.98 Å². The minimum absolute atomic E-state index is 0.162. The molecule has 20 heavy (non-hydrogen) atoms. The Kier molecular flexibility index (Phi) is 4.86. The van der Waals surface area contributed by atoms with Crippen molar-refractivity contribution in [2.75, 3.05) is 13.2 Å². The zero-order valence-corrected chi connectivity index (χ0v) is 12.5. The Balaban J connectivity index is 2.36. The van der Waals surface area contributed by atoms with E-state index in [-0.39, 0.29) is 19.0 Å². The molecule has 0 aliphatic carbocycles. The van der Waals surface area contributed by atoms with Gasteiger partial charge >= 0.3 is 0 Å². The lowest BCUT2D eigenvalue weighted by Gasteiger charge is -2.31. The molecule has 1 heterocycles. The molecule has 0 amide bonds. The summed E-state index contributed by atoms with van der Waals surface area (Å²) >= 11 is 3.33. The Bertz CT molecular complexity index is 570. The van der Waals surface area contributed by atoms with Gasteiger partial charge in [-0.1, -0.05) is 12.1 Å². The molecule has 0 saturated carbocycles. The van der Waals surface area contributed by atoms with Gasteiger partial charge in [0.2, 0.25) is 0 Å². The fraction of sp³-hybridized carbons (Fsp3) is 0.267. The number of pyridine rings is 1. The highest BCUT2D eigenvalue weighted by Gasteiger charge is 2.31. The van der Waals surface area contributed by atoms with Crippen molar-refractivity contribution in [1.82, 2.24) is 4.98 Å². The number of rotatable bonds is 5. The van der Waals surface area contributed by atoms with Gasteiger partial charge in [-0.05, 0) is 45.8 Å². The maximum atomic E-state index is 13.4. The SMILES string of the molecule is NCC(CO)(Cc1ccc(Br)cn1)c1cccc(F)c1. The third kappa shape index (κ3) is 3.23. The molecule has 3 N–H and O–H groups in total. The highest BCUT2D eigenvalue weighted by molar-refractivity contribution is 9.10. The molecule has 0 aliphatic heterocycles. The van der Waals surface area contributed by atoms with E-state index in [2.05, 4.69) is 20.9 Å². The molecule has 0 saturated heterocycles. The third-order valence-electron chi connectivity index (χ3n) is 3.44. The average Bonchev–Trinajstić information content (AvgIpc) is 2.47. The zero-order valence-electron chi connectivity index (χ0n) is 10.9. The minimum atomic E-state index is -0.719. The first-order valence-corrected chi connectivity index (χ1v) is 7.06. The summed E-state index contributed by atoms with van der Waals surface area (Å²) in [6, 6.07) is 9.95. The van der Waals surface area contributed by atoms with Crippen LogP contribution in [0.4, 0.5) is 4.39 Å². The van der Waals surface area contributed by atoms with Crippen LogP contribution in [0.5, 0.6) is 0 Å². The van der Waals surface area contributed by atoms with Gasteiger partial charge in [0.1, 0.15) is 5.82 Å². The Morgan fingerprint density at radius 1 is 1.30 bits per heavy atom. The number of aliphatic hydroxyl groups is 1. The van der Waals surface area contributed by atoms with E-state index in [1.807, 2.05) is 12.1 Å². The molecule has 1 aromatic heterocycles. The lowest BCUT2D eigenvalue weighted by atomic mass is 9.77. The van der Waals surface area contributed by atoms with E-state index >= 15 is 0 Å². The van der Waals surface area contributed by atoms with Gasteiger partial charge in [0.15, 0.2) is 0 Å². The normalized spacial score (nSPS) is 14.0. The molecule has 0 aliphatic rings. The molecule has 5 heteroatoms. The van der Waals surface area contributed by atoms with Gasteiger partial charge in [-0.2, -0.15) is 0 Å². The van der Waals surface area contributed by atoms with Crippen LogP contribution in [0, 0.1) is 5.82 Å². The van der Waals surface area contributed by atoms with Crippen molar-refractivity contribution in [3.05, 3.63) is 64.1 Å².